The van der Waals surface area contributed by atoms with Gasteiger partial charge in [0.05, 0.1) is 11.0 Å². The average Bonchev–Trinajstić information content (AvgIpc) is 3.10. The molecule has 1 aliphatic rings. The third-order valence-electron chi connectivity index (χ3n) is 3.14. The van der Waals surface area contributed by atoms with E-state index in [1.54, 1.807) is 12.1 Å². The van der Waals surface area contributed by atoms with Crippen molar-refractivity contribution in [2.24, 2.45) is 0 Å². The highest BCUT2D eigenvalue weighted by Gasteiger charge is 2.22. The quantitative estimate of drug-likeness (QED) is 0.670. The van der Waals surface area contributed by atoms with E-state index in [9.17, 15) is 10.1 Å². The summed E-state index contributed by atoms with van der Waals surface area (Å²) in [6, 6.07) is 6.21. The first kappa shape index (κ1) is 11.8. The second-order valence-corrected chi connectivity index (χ2v) is 4.41. The Balaban J connectivity index is 1.83. The molecule has 1 N–H and O–H groups in total. The van der Waals surface area contributed by atoms with Crippen LogP contribution in [0.3, 0.4) is 0 Å². The van der Waals surface area contributed by atoms with Gasteiger partial charge in [-0.15, -0.1) is 0 Å². The summed E-state index contributed by atoms with van der Waals surface area (Å²) < 4.78 is 5.19. The van der Waals surface area contributed by atoms with E-state index < -0.39 is 4.92 Å². The molecule has 0 spiro atoms. The minimum atomic E-state index is -0.439. The van der Waals surface area contributed by atoms with Gasteiger partial charge >= 0.3 is 0 Å². The van der Waals surface area contributed by atoms with Crippen LogP contribution in [0, 0.1) is 10.1 Å². The number of hydrogen-bond donors (Lipinski definition) is 1. The van der Waals surface area contributed by atoms with Gasteiger partial charge in [0.15, 0.2) is 5.82 Å². The first-order valence-electron chi connectivity index (χ1n) is 6.06. The van der Waals surface area contributed by atoms with E-state index in [1.165, 1.54) is 12.1 Å². The smallest absolute Gasteiger partial charge is 0.269 e. The molecular formula is C12H12N4O3. The molecule has 1 aromatic heterocycles. The van der Waals surface area contributed by atoms with Crippen LogP contribution in [0.15, 0.2) is 28.8 Å². The molecule has 98 valence electrons. The molecular weight excluding hydrogens is 248 g/mol. The lowest BCUT2D eigenvalue weighted by Crippen LogP contribution is -2.14. The Hall–Kier alpha value is -2.28. The number of aromatic nitrogens is 2. The Bertz CT molecular complexity index is 587. The lowest BCUT2D eigenvalue weighted by molar-refractivity contribution is -0.384. The Morgan fingerprint density at radius 3 is 2.79 bits per heavy atom. The summed E-state index contributed by atoms with van der Waals surface area (Å²) in [4.78, 5) is 14.5. The third-order valence-corrected chi connectivity index (χ3v) is 3.14. The summed E-state index contributed by atoms with van der Waals surface area (Å²) in [6.45, 7) is 0.964. The minimum absolute atomic E-state index is 0.0425. The van der Waals surface area contributed by atoms with Crippen molar-refractivity contribution in [1.29, 1.82) is 0 Å². The molecule has 1 unspecified atom stereocenters. The van der Waals surface area contributed by atoms with Crippen LogP contribution >= 0.6 is 0 Å². The zero-order valence-corrected chi connectivity index (χ0v) is 10.1. The van der Waals surface area contributed by atoms with Crippen molar-refractivity contribution in [2.75, 3.05) is 6.54 Å². The van der Waals surface area contributed by atoms with Crippen LogP contribution in [0.5, 0.6) is 0 Å². The Morgan fingerprint density at radius 2 is 2.16 bits per heavy atom. The number of nitrogens with one attached hydrogen (secondary N) is 1. The summed E-state index contributed by atoms with van der Waals surface area (Å²) in [5.74, 6) is 1.03. The van der Waals surface area contributed by atoms with Crippen LogP contribution in [-0.4, -0.2) is 21.6 Å². The van der Waals surface area contributed by atoms with Crippen molar-refractivity contribution in [2.45, 2.75) is 18.9 Å². The molecule has 19 heavy (non-hydrogen) atoms. The van der Waals surface area contributed by atoms with Crippen LogP contribution in [0.4, 0.5) is 5.69 Å². The van der Waals surface area contributed by atoms with Crippen molar-refractivity contribution < 1.29 is 9.45 Å². The van der Waals surface area contributed by atoms with Crippen LogP contribution in [0.25, 0.3) is 11.5 Å². The van der Waals surface area contributed by atoms with E-state index in [0.717, 1.165) is 19.4 Å². The van der Waals surface area contributed by atoms with Gasteiger partial charge in [-0.05, 0) is 31.5 Å². The highest BCUT2D eigenvalue weighted by molar-refractivity contribution is 5.55. The van der Waals surface area contributed by atoms with Crippen LogP contribution in [0.2, 0.25) is 0 Å². The number of benzene rings is 1. The molecule has 0 amide bonds. The summed E-state index contributed by atoms with van der Waals surface area (Å²) in [6.07, 6.45) is 2.10. The molecule has 7 heteroatoms. The number of nitro groups is 1. The standard InChI is InChI=1S/C12H12N4O3/c17-16(18)9-5-3-8(4-6-9)12-14-11(15-19-12)10-2-1-7-13-10/h3-6,10,13H,1-2,7H2. The predicted molar refractivity (Wildman–Crippen MR) is 66.4 cm³/mol. The first-order valence-corrected chi connectivity index (χ1v) is 6.06. The minimum Gasteiger partial charge on any atom is -0.334 e. The number of nitro benzene ring substituents is 1. The molecule has 0 bridgehead atoms. The van der Waals surface area contributed by atoms with Gasteiger partial charge in [0.1, 0.15) is 0 Å². The van der Waals surface area contributed by atoms with Crippen molar-refractivity contribution in [3.8, 4) is 11.5 Å². The molecule has 1 saturated heterocycles. The van der Waals surface area contributed by atoms with Crippen LogP contribution in [-0.2, 0) is 0 Å². The van der Waals surface area contributed by atoms with Gasteiger partial charge in [-0.1, -0.05) is 5.16 Å². The van der Waals surface area contributed by atoms with E-state index >= 15 is 0 Å². The molecule has 0 saturated carbocycles. The second kappa shape index (κ2) is 4.77. The average molecular weight is 260 g/mol. The highest BCUT2D eigenvalue weighted by atomic mass is 16.6. The predicted octanol–water partition coefficient (Wildman–Crippen LogP) is 2.07. The van der Waals surface area contributed by atoms with Crippen molar-refractivity contribution in [3.63, 3.8) is 0 Å². The zero-order chi connectivity index (χ0) is 13.2. The van der Waals surface area contributed by atoms with Gasteiger partial charge in [0, 0.05) is 17.7 Å². The Morgan fingerprint density at radius 1 is 1.37 bits per heavy atom. The summed E-state index contributed by atoms with van der Waals surface area (Å²) in [5.41, 5.74) is 0.725. The zero-order valence-electron chi connectivity index (χ0n) is 10.1. The third kappa shape index (κ3) is 2.32. The summed E-state index contributed by atoms with van der Waals surface area (Å²) >= 11 is 0. The fraction of sp³-hybridized carbons (Fsp3) is 0.333. The van der Waals surface area contributed by atoms with E-state index in [0.29, 0.717) is 17.3 Å². The molecule has 1 fully saturated rings. The van der Waals surface area contributed by atoms with Crippen molar-refractivity contribution >= 4 is 5.69 Å². The molecule has 0 radical (unpaired) electrons. The fourth-order valence-electron chi connectivity index (χ4n) is 2.12. The SMILES string of the molecule is O=[N+]([O-])c1ccc(-c2nc(C3CCCN3)no2)cc1. The maximum absolute atomic E-state index is 10.6. The Labute approximate surface area is 108 Å². The fourth-order valence-corrected chi connectivity index (χ4v) is 2.12. The van der Waals surface area contributed by atoms with E-state index in [-0.39, 0.29) is 11.7 Å². The number of nitrogens with zero attached hydrogens (tertiary/aromatic N) is 3. The van der Waals surface area contributed by atoms with E-state index in [1.807, 2.05) is 0 Å². The lowest BCUT2D eigenvalue weighted by Gasteiger charge is -2.01. The van der Waals surface area contributed by atoms with Crippen molar-refractivity contribution in [3.05, 3.63) is 40.2 Å². The van der Waals surface area contributed by atoms with Crippen LogP contribution in [0.1, 0.15) is 24.7 Å². The summed E-state index contributed by atoms with van der Waals surface area (Å²) in [5, 5.41) is 17.8. The second-order valence-electron chi connectivity index (χ2n) is 4.41. The summed E-state index contributed by atoms with van der Waals surface area (Å²) in [7, 11) is 0. The monoisotopic (exact) mass is 260 g/mol. The lowest BCUT2D eigenvalue weighted by atomic mass is 10.2. The van der Waals surface area contributed by atoms with Gasteiger partial charge in [0.2, 0.25) is 0 Å². The molecule has 1 aliphatic heterocycles. The van der Waals surface area contributed by atoms with E-state index in [4.69, 9.17) is 4.52 Å². The van der Waals surface area contributed by atoms with Gasteiger partial charge in [-0.3, -0.25) is 10.1 Å². The van der Waals surface area contributed by atoms with Crippen molar-refractivity contribution in [1.82, 2.24) is 15.5 Å². The van der Waals surface area contributed by atoms with Gasteiger partial charge in [-0.2, -0.15) is 4.98 Å². The maximum Gasteiger partial charge on any atom is 0.269 e. The molecule has 2 heterocycles. The number of non-ortho nitro benzene ring substituents is 1. The molecule has 3 rings (SSSR count). The van der Waals surface area contributed by atoms with Gasteiger partial charge in [0.25, 0.3) is 11.6 Å². The molecule has 2 aromatic rings. The van der Waals surface area contributed by atoms with Gasteiger partial charge < -0.3 is 9.84 Å². The topological polar surface area (TPSA) is 94.1 Å². The molecule has 0 aliphatic carbocycles. The number of rotatable bonds is 3. The molecule has 1 atom stereocenters. The highest BCUT2D eigenvalue weighted by Crippen LogP contribution is 2.25. The van der Waals surface area contributed by atoms with Crippen LogP contribution < -0.4 is 5.32 Å². The largest absolute Gasteiger partial charge is 0.334 e. The Kier molecular flexibility index (Phi) is 2.96. The normalized spacial score (nSPS) is 18.6. The van der Waals surface area contributed by atoms with Gasteiger partial charge in [-0.25, -0.2) is 0 Å². The van der Waals surface area contributed by atoms with E-state index in [2.05, 4.69) is 15.5 Å². The number of hydrogen-bond acceptors (Lipinski definition) is 6. The first-order chi connectivity index (χ1) is 9.24. The maximum atomic E-state index is 10.6. The molecule has 7 nitrogen and oxygen atoms in total. The molecule has 1 aromatic carbocycles.